The first-order chi connectivity index (χ1) is 6.74. The molecule has 0 aliphatic carbocycles. The zero-order valence-corrected chi connectivity index (χ0v) is 9.29. The molecular formula is C11H21NO2. The fourth-order valence-corrected chi connectivity index (χ4v) is 2.02. The molecule has 1 unspecified atom stereocenters. The van der Waals surface area contributed by atoms with Crippen LogP contribution in [-0.2, 0) is 9.53 Å². The number of carbonyl (C=O) groups excluding carboxylic acids is 1. The Labute approximate surface area is 86.4 Å². The summed E-state index contributed by atoms with van der Waals surface area (Å²) in [6.07, 6.45) is 5.45. The Morgan fingerprint density at radius 3 is 2.93 bits per heavy atom. The Hall–Kier alpha value is -0.570. The van der Waals surface area contributed by atoms with Crippen LogP contribution in [0.3, 0.4) is 0 Å². The highest BCUT2D eigenvalue weighted by molar-refractivity contribution is 5.69. The summed E-state index contributed by atoms with van der Waals surface area (Å²) in [4.78, 5) is 13.4. The molecule has 14 heavy (non-hydrogen) atoms. The Kier molecular flexibility index (Phi) is 4.94. The van der Waals surface area contributed by atoms with Crippen molar-refractivity contribution >= 4 is 5.97 Å². The highest BCUT2D eigenvalue weighted by atomic mass is 16.5. The smallest absolute Gasteiger partial charge is 0.305 e. The van der Waals surface area contributed by atoms with Crippen LogP contribution in [0.15, 0.2) is 0 Å². The molecule has 3 heteroatoms. The maximum atomic E-state index is 10.9. The zero-order valence-electron chi connectivity index (χ0n) is 9.29. The van der Waals surface area contributed by atoms with E-state index in [0.29, 0.717) is 12.5 Å². The van der Waals surface area contributed by atoms with Gasteiger partial charge in [0.25, 0.3) is 0 Å². The molecule has 1 aliphatic rings. The van der Waals surface area contributed by atoms with Gasteiger partial charge in [-0.25, -0.2) is 0 Å². The van der Waals surface area contributed by atoms with Crippen molar-refractivity contribution in [2.45, 2.75) is 45.1 Å². The average Bonchev–Trinajstić information content (AvgIpc) is 2.20. The van der Waals surface area contributed by atoms with Gasteiger partial charge in [-0.3, -0.25) is 4.79 Å². The summed E-state index contributed by atoms with van der Waals surface area (Å²) in [7, 11) is 1.45. The molecule has 82 valence electrons. The quantitative estimate of drug-likeness (QED) is 0.647. The maximum absolute atomic E-state index is 10.9. The van der Waals surface area contributed by atoms with E-state index in [4.69, 9.17) is 0 Å². The third kappa shape index (κ3) is 3.66. The number of hydrogen-bond acceptors (Lipinski definition) is 3. The second-order valence-corrected chi connectivity index (χ2v) is 4.06. The van der Waals surface area contributed by atoms with Crippen LogP contribution in [0.5, 0.6) is 0 Å². The highest BCUT2D eigenvalue weighted by Crippen LogP contribution is 2.16. The average molecular weight is 199 g/mol. The maximum Gasteiger partial charge on any atom is 0.305 e. The number of ether oxygens (including phenoxy) is 1. The molecule has 1 saturated heterocycles. The monoisotopic (exact) mass is 199 g/mol. The molecule has 1 atom stereocenters. The number of esters is 1. The van der Waals surface area contributed by atoms with Crippen LogP contribution >= 0.6 is 0 Å². The summed E-state index contributed by atoms with van der Waals surface area (Å²) in [5.74, 6) is -0.0883. The van der Waals surface area contributed by atoms with Crippen molar-refractivity contribution in [3.63, 3.8) is 0 Å². The third-order valence-corrected chi connectivity index (χ3v) is 2.99. The third-order valence-electron chi connectivity index (χ3n) is 2.99. The van der Waals surface area contributed by atoms with Crippen molar-refractivity contribution in [2.24, 2.45) is 0 Å². The van der Waals surface area contributed by atoms with Gasteiger partial charge in [0.1, 0.15) is 0 Å². The van der Waals surface area contributed by atoms with Crippen molar-refractivity contribution < 1.29 is 9.53 Å². The Balaban J connectivity index is 2.13. The summed E-state index contributed by atoms with van der Waals surface area (Å²) in [6.45, 7) is 4.51. The van der Waals surface area contributed by atoms with Gasteiger partial charge in [-0.15, -0.1) is 0 Å². The molecule has 1 heterocycles. The van der Waals surface area contributed by atoms with E-state index in [1.165, 1.54) is 32.9 Å². The second-order valence-electron chi connectivity index (χ2n) is 4.06. The van der Waals surface area contributed by atoms with E-state index in [1.807, 2.05) is 0 Å². The van der Waals surface area contributed by atoms with Gasteiger partial charge in [0, 0.05) is 12.5 Å². The standard InChI is InChI=1S/C11H21NO2/c1-10-6-3-4-8-12(10)9-5-7-11(13)14-2/h10H,3-9H2,1-2H3. The lowest BCUT2D eigenvalue weighted by Gasteiger charge is -2.33. The molecule has 1 fully saturated rings. The molecule has 1 rings (SSSR count). The molecule has 0 bridgehead atoms. The van der Waals surface area contributed by atoms with E-state index in [0.717, 1.165) is 13.0 Å². The van der Waals surface area contributed by atoms with Gasteiger partial charge in [-0.1, -0.05) is 6.42 Å². The van der Waals surface area contributed by atoms with E-state index < -0.39 is 0 Å². The molecule has 3 nitrogen and oxygen atoms in total. The molecule has 0 aromatic carbocycles. The summed E-state index contributed by atoms with van der Waals surface area (Å²) in [5.41, 5.74) is 0. The largest absolute Gasteiger partial charge is 0.469 e. The van der Waals surface area contributed by atoms with E-state index >= 15 is 0 Å². The lowest BCUT2D eigenvalue weighted by molar-refractivity contribution is -0.140. The lowest BCUT2D eigenvalue weighted by Crippen LogP contribution is -2.38. The number of carbonyl (C=O) groups is 1. The van der Waals surface area contributed by atoms with E-state index in [2.05, 4.69) is 16.6 Å². The number of piperidine rings is 1. The van der Waals surface area contributed by atoms with Gasteiger partial charge in [-0.2, -0.15) is 0 Å². The highest BCUT2D eigenvalue weighted by Gasteiger charge is 2.17. The van der Waals surface area contributed by atoms with Crippen LogP contribution in [0.2, 0.25) is 0 Å². The lowest BCUT2D eigenvalue weighted by atomic mass is 10.0. The van der Waals surface area contributed by atoms with Crippen LogP contribution < -0.4 is 0 Å². The van der Waals surface area contributed by atoms with Crippen LogP contribution in [-0.4, -0.2) is 37.1 Å². The number of rotatable bonds is 4. The molecule has 1 aliphatic heterocycles. The predicted octanol–water partition coefficient (Wildman–Crippen LogP) is 1.81. The molecule has 0 saturated carbocycles. The topological polar surface area (TPSA) is 29.5 Å². The summed E-state index contributed by atoms with van der Waals surface area (Å²) >= 11 is 0. The Bertz CT molecular complexity index is 182. The minimum atomic E-state index is -0.0883. The normalized spacial score (nSPS) is 23.4. The molecule has 0 radical (unpaired) electrons. The fraction of sp³-hybridized carbons (Fsp3) is 0.909. The van der Waals surface area contributed by atoms with Crippen molar-refractivity contribution in [1.29, 1.82) is 0 Å². The van der Waals surface area contributed by atoms with Crippen LogP contribution in [0.4, 0.5) is 0 Å². The van der Waals surface area contributed by atoms with Gasteiger partial charge in [0.05, 0.1) is 7.11 Å². The van der Waals surface area contributed by atoms with E-state index in [1.54, 1.807) is 0 Å². The summed E-state index contributed by atoms with van der Waals surface area (Å²) < 4.78 is 4.61. The molecule has 0 amide bonds. The first kappa shape index (κ1) is 11.5. The van der Waals surface area contributed by atoms with Gasteiger partial charge >= 0.3 is 5.97 Å². The second kappa shape index (κ2) is 6.02. The first-order valence-corrected chi connectivity index (χ1v) is 5.55. The first-order valence-electron chi connectivity index (χ1n) is 5.55. The number of hydrogen-bond donors (Lipinski definition) is 0. The van der Waals surface area contributed by atoms with E-state index in [-0.39, 0.29) is 5.97 Å². The van der Waals surface area contributed by atoms with E-state index in [9.17, 15) is 4.79 Å². The molecule has 0 aromatic rings. The Morgan fingerprint density at radius 2 is 2.29 bits per heavy atom. The predicted molar refractivity (Wildman–Crippen MR) is 56.1 cm³/mol. The molecule has 0 spiro atoms. The molecule has 0 N–H and O–H groups in total. The number of methoxy groups -OCH3 is 1. The fourth-order valence-electron chi connectivity index (χ4n) is 2.02. The minimum absolute atomic E-state index is 0.0883. The Morgan fingerprint density at radius 1 is 1.50 bits per heavy atom. The van der Waals surface area contributed by atoms with Crippen molar-refractivity contribution in [2.75, 3.05) is 20.2 Å². The van der Waals surface area contributed by atoms with Gasteiger partial charge < -0.3 is 9.64 Å². The summed E-state index contributed by atoms with van der Waals surface area (Å²) in [5, 5.41) is 0. The van der Waals surface area contributed by atoms with Gasteiger partial charge in [0.2, 0.25) is 0 Å². The van der Waals surface area contributed by atoms with Crippen LogP contribution in [0, 0.1) is 0 Å². The number of nitrogens with zero attached hydrogens (tertiary/aromatic N) is 1. The van der Waals surface area contributed by atoms with Gasteiger partial charge in [-0.05, 0) is 39.3 Å². The van der Waals surface area contributed by atoms with Crippen molar-refractivity contribution in [3.05, 3.63) is 0 Å². The van der Waals surface area contributed by atoms with Crippen LogP contribution in [0.25, 0.3) is 0 Å². The van der Waals surface area contributed by atoms with Crippen LogP contribution in [0.1, 0.15) is 39.0 Å². The van der Waals surface area contributed by atoms with Crippen molar-refractivity contribution in [1.82, 2.24) is 4.90 Å². The number of likely N-dealkylation sites (tertiary alicyclic amines) is 1. The molecule has 0 aromatic heterocycles. The SMILES string of the molecule is COC(=O)CCCN1CCCCC1C. The zero-order chi connectivity index (χ0) is 10.4. The minimum Gasteiger partial charge on any atom is -0.469 e. The summed E-state index contributed by atoms with van der Waals surface area (Å²) in [6, 6.07) is 0.696. The molecular weight excluding hydrogens is 178 g/mol. The van der Waals surface area contributed by atoms with Crippen molar-refractivity contribution in [3.8, 4) is 0 Å². The van der Waals surface area contributed by atoms with Gasteiger partial charge in [0.15, 0.2) is 0 Å².